The maximum absolute atomic E-state index is 5.19. The van der Waals surface area contributed by atoms with Crippen LogP contribution in [-0.4, -0.2) is 4.98 Å². The fourth-order valence-electron chi connectivity index (χ4n) is 1.00. The molecule has 2 aromatic rings. The van der Waals surface area contributed by atoms with E-state index in [1.807, 2.05) is 19.1 Å². The Kier molecular flexibility index (Phi) is 1.01. The summed E-state index contributed by atoms with van der Waals surface area (Å²) in [6, 6.07) is 3.80. The molecule has 0 aromatic carbocycles. The molecule has 10 heavy (non-hydrogen) atoms. The Morgan fingerprint density at radius 2 is 2.30 bits per heavy atom. The van der Waals surface area contributed by atoms with Gasteiger partial charge in [0.25, 0.3) is 0 Å². The van der Waals surface area contributed by atoms with Crippen LogP contribution in [-0.2, 0) is 0 Å². The molecule has 2 heterocycles. The summed E-state index contributed by atoms with van der Waals surface area (Å²) in [5.41, 5.74) is 2.96. The van der Waals surface area contributed by atoms with E-state index >= 15 is 0 Å². The van der Waals surface area contributed by atoms with E-state index in [0.717, 1.165) is 16.7 Å². The lowest BCUT2D eigenvalue weighted by molar-refractivity contribution is 0.613. The first-order valence-electron chi connectivity index (χ1n) is 3.17. The topological polar surface area (TPSA) is 26.0 Å². The van der Waals surface area contributed by atoms with Gasteiger partial charge in [-0.2, -0.15) is 0 Å². The van der Waals surface area contributed by atoms with E-state index in [0.29, 0.717) is 0 Å². The predicted octanol–water partition coefficient (Wildman–Crippen LogP) is 2.14. The average Bonchev–Trinajstić information content (AvgIpc) is 2.36. The first-order valence-corrected chi connectivity index (χ1v) is 3.17. The molecular formula is C8H7NO. The highest BCUT2D eigenvalue weighted by atomic mass is 16.3. The summed E-state index contributed by atoms with van der Waals surface area (Å²) in [6.07, 6.45) is 3.44. The van der Waals surface area contributed by atoms with Gasteiger partial charge >= 0.3 is 0 Å². The molecule has 0 N–H and O–H groups in total. The fraction of sp³-hybridized carbons (Fsp3) is 0.125. The number of fused-ring (bicyclic) bond motifs is 1. The highest BCUT2D eigenvalue weighted by molar-refractivity contribution is 5.75. The van der Waals surface area contributed by atoms with Crippen molar-refractivity contribution >= 4 is 11.1 Å². The molecule has 0 unspecified atom stereocenters. The van der Waals surface area contributed by atoms with Crippen molar-refractivity contribution in [1.82, 2.24) is 4.98 Å². The zero-order chi connectivity index (χ0) is 6.97. The van der Waals surface area contributed by atoms with E-state index < -0.39 is 0 Å². The van der Waals surface area contributed by atoms with Crippen LogP contribution in [0.5, 0.6) is 0 Å². The first kappa shape index (κ1) is 5.47. The van der Waals surface area contributed by atoms with Crippen LogP contribution in [0.3, 0.4) is 0 Å². The third-order valence-electron chi connectivity index (χ3n) is 1.54. The number of rotatable bonds is 0. The SMILES string of the molecule is Cc1ccnc2ccoc12. The van der Waals surface area contributed by atoms with E-state index in [4.69, 9.17) is 4.42 Å². The average molecular weight is 133 g/mol. The lowest BCUT2D eigenvalue weighted by Crippen LogP contribution is -1.74. The van der Waals surface area contributed by atoms with Gasteiger partial charge in [-0.25, -0.2) is 0 Å². The Hall–Kier alpha value is -1.31. The largest absolute Gasteiger partial charge is 0.462 e. The van der Waals surface area contributed by atoms with E-state index in [2.05, 4.69) is 4.98 Å². The minimum Gasteiger partial charge on any atom is -0.462 e. The van der Waals surface area contributed by atoms with Crippen molar-refractivity contribution in [2.45, 2.75) is 6.92 Å². The minimum atomic E-state index is 0.891. The summed E-state index contributed by atoms with van der Waals surface area (Å²) < 4.78 is 5.19. The molecule has 0 saturated heterocycles. The Morgan fingerprint density at radius 1 is 1.40 bits per heavy atom. The molecule has 0 aliphatic rings. The van der Waals surface area contributed by atoms with Crippen molar-refractivity contribution in [2.75, 3.05) is 0 Å². The Morgan fingerprint density at radius 3 is 3.10 bits per heavy atom. The number of pyridine rings is 1. The minimum absolute atomic E-state index is 0.891. The zero-order valence-electron chi connectivity index (χ0n) is 5.66. The third-order valence-corrected chi connectivity index (χ3v) is 1.54. The van der Waals surface area contributed by atoms with Gasteiger partial charge in [0, 0.05) is 12.3 Å². The Balaban J connectivity index is 2.95. The molecule has 2 aromatic heterocycles. The van der Waals surface area contributed by atoms with E-state index in [1.165, 1.54) is 0 Å². The molecule has 2 rings (SSSR count). The van der Waals surface area contributed by atoms with Crippen molar-refractivity contribution < 1.29 is 4.42 Å². The molecule has 50 valence electrons. The van der Waals surface area contributed by atoms with Crippen LogP contribution in [0.25, 0.3) is 11.1 Å². The van der Waals surface area contributed by atoms with E-state index in [1.54, 1.807) is 12.5 Å². The van der Waals surface area contributed by atoms with Gasteiger partial charge in [0.2, 0.25) is 0 Å². The second-order valence-electron chi connectivity index (χ2n) is 2.26. The summed E-state index contributed by atoms with van der Waals surface area (Å²) >= 11 is 0. The number of hydrogen-bond donors (Lipinski definition) is 0. The van der Waals surface area contributed by atoms with Crippen molar-refractivity contribution in [3.63, 3.8) is 0 Å². The Bertz CT molecular complexity index is 351. The van der Waals surface area contributed by atoms with Gasteiger partial charge in [0.1, 0.15) is 5.52 Å². The molecule has 0 radical (unpaired) electrons. The predicted molar refractivity (Wildman–Crippen MR) is 38.7 cm³/mol. The number of aryl methyl sites for hydroxylation is 1. The van der Waals surface area contributed by atoms with Gasteiger partial charge in [-0.3, -0.25) is 4.98 Å². The molecule has 0 fully saturated rings. The molecular weight excluding hydrogens is 126 g/mol. The van der Waals surface area contributed by atoms with Crippen molar-refractivity contribution in [3.05, 3.63) is 30.2 Å². The first-order chi connectivity index (χ1) is 4.88. The van der Waals surface area contributed by atoms with E-state index in [9.17, 15) is 0 Å². The molecule has 0 bridgehead atoms. The number of furan rings is 1. The van der Waals surface area contributed by atoms with Crippen LogP contribution >= 0.6 is 0 Å². The molecule has 0 saturated carbocycles. The molecule has 2 heteroatoms. The van der Waals surface area contributed by atoms with Crippen molar-refractivity contribution in [3.8, 4) is 0 Å². The third kappa shape index (κ3) is 0.620. The normalized spacial score (nSPS) is 10.5. The van der Waals surface area contributed by atoms with Crippen LogP contribution in [0, 0.1) is 6.92 Å². The number of nitrogens with zero attached hydrogens (tertiary/aromatic N) is 1. The highest BCUT2D eigenvalue weighted by Gasteiger charge is 1.98. The van der Waals surface area contributed by atoms with Crippen molar-refractivity contribution in [2.24, 2.45) is 0 Å². The quantitative estimate of drug-likeness (QED) is 0.550. The number of aromatic nitrogens is 1. The lowest BCUT2D eigenvalue weighted by atomic mass is 10.3. The second-order valence-corrected chi connectivity index (χ2v) is 2.26. The van der Waals surface area contributed by atoms with Gasteiger partial charge in [0.15, 0.2) is 5.58 Å². The standard InChI is InChI=1S/C8H7NO/c1-6-2-4-9-7-3-5-10-8(6)7/h2-5H,1H3. The smallest absolute Gasteiger partial charge is 0.155 e. The maximum Gasteiger partial charge on any atom is 0.155 e. The maximum atomic E-state index is 5.19. The van der Waals surface area contributed by atoms with Gasteiger partial charge < -0.3 is 4.42 Å². The monoisotopic (exact) mass is 133 g/mol. The van der Waals surface area contributed by atoms with Crippen LogP contribution in [0.1, 0.15) is 5.56 Å². The molecule has 0 spiro atoms. The van der Waals surface area contributed by atoms with Crippen LogP contribution in [0.2, 0.25) is 0 Å². The molecule has 0 atom stereocenters. The van der Waals surface area contributed by atoms with Gasteiger partial charge in [-0.15, -0.1) is 0 Å². The van der Waals surface area contributed by atoms with Gasteiger partial charge in [-0.1, -0.05) is 0 Å². The Labute approximate surface area is 58.5 Å². The van der Waals surface area contributed by atoms with Crippen LogP contribution in [0.15, 0.2) is 29.0 Å². The van der Waals surface area contributed by atoms with Gasteiger partial charge in [0.05, 0.1) is 6.26 Å². The summed E-state index contributed by atoms with van der Waals surface area (Å²) in [5.74, 6) is 0. The molecule has 2 nitrogen and oxygen atoms in total. The summed E-state index contributed by atoms with van der Waals surface area (Å²) in [5, 5.41) is 0. The second kappa shape index (κ2) is 1.84. The molecule has 0 aliphatic heterocycles. The highest BCUT2D eigenvalue weighted by Crippen LogP contribution is 2.15. The van der Waals surface area contributed by atoms with Crippen LogP contribution < -0.4 is 0 Å². The molecule has 0 amide bonds. The molecule has 0 aliphatic carbocycles. The summed E-state index contributed by atoms with van der Waals surface area (Å²) in [7, 11) is 0. The van der Waals surface area contributed by atoms with Crippen LogP contribution in [0.4, 0.5) is 0 Å². The van der Waals surface area contributed by atoms with Gasteiger partial charge in [-0.05, 0) is 18.6 Å². The fourth-order valence-corrected chi connectivity index (χ4v) is 1.00. The zero-order valence-corrected chi connectivity index (χ0v) is 5.66. The van der Waals surface area contributed by atoms with Crippen molar-refractivity contribution in [1.29, 1.82) is 0 Å². The van der Waals surface area contributed by atoms with E-state index in [-0.39, 0.29) is 0 Å². The lowest BCUT2D eigenvalue weighted by Gasteiger charge is -1.89. The number of hydrogen-bond acceptors (Lipinski definition) is 2. The summed E-state index contributed by atoms with van der Waals surface area (Å²) in [6.45, 7) is 2.01. The summed E-state index contributed by atoms with van der Waals surface area (Å²) in [4.78, 5) is 4.11.